The monoisotopic (exact) mass is 343 g/mol. The molecule has 0 bridgehead atoms. The maximum absolute atomic E-state index is 12.2. The number of hydrogen-bond acceptors (Lipinski definition) is 2. The first-order valence-electron chi connectivity index (χ1n) is 6.57. The number of fused-ring (bicyclic) bond motifs is 1. The summed E-state index contributed by atoms with van der Waals surface area (Å²) < 4.78 is 2.75. The zero-order valence-corrected chi connectivity index (χ0v) is 13.1. The van der Waals surface area contributed by atoms with Crippen molar-refractivity contribution in [3.63, 3.8) is 0 Å². The van der Waals surface area contributed by atoms with E-state index in [0.29, 0.717) is 12.1 Å². The SMILES string of the molecule is Cn1cc(CNC(=O)c2ccc3cc(Br)ccc3c2)cn1. The highest BCUT2D eigenvalue weighted by Crippen LogP contribution is 2.21. The summed E-state index contributed by atoms with van der Waals surface area (Å²) in [6.45, 7) is 0.477. The number of aryl methyl sites for hydroxylation is 1. The second-order valence-corrected chi connectivity index (χ2v) is 5.83. The van der Waals surface area contributed by atoms with Crippen molar-refractivity contribution in [3.05, 3.63) is 64.4 Å². The Labute approximate surface area is 130 Å². The van der Waals surface area contributed by atoms with Gasteiger partial charge in [0, 0.05) is 35.4 Å². The first-order valence-corrected chi connectivity index (χ1v) is 7.36. The summed E-state index contributed by atoms with van der Waals surface area (Å²) in [5.74, 6) is -0.0799. The molecule has 0 unspecified atom stereocenters. The number of rotatable bonds is 3. The first-order chi connectivity index (χ1) is 10.1. The Hall–Kier alpha value is -2.14. The van der Waals surface area contributed by atoms with Gasteiger partial charge >= 0.3 is 0 Å². The highest BCUT2D eigenvalue weighted by molar-refractivity contribution is 9.10. The number of benzene rings is 2. The molecule has 0 saturated carbocycles. The van der Waals surface area contributed by atoms with Gasteiger partial charge in [0.1, 0.15) is 0 Å². The van der Waals surface area contributed by atoms with E-state index in [4.69, 9.17) is 0 Å². The van der Waals surface area contributed by atoms with Crippen LogP contribution in [-0.2, 0) is 13.6 Å². The number of nitrogens with one attached hydrogen (secondary N) is 1. The number of hydrogen-bond donors (Lipinski definition) is 1. The van der Waals surface area contributed by atoms with Gasteiger partial charge in [-0.2, -0.15) is 5.10 Å². The van der Waals surface area contributed by atoms with Gasteiger partial charge < -0.3 is 5.32 Å². The molecule has 3 aromatic rings. The Bertz CT molecular complexity index is 810. The fourth-order valence-corrected chi connectivity index (χ4v) is 2.58. The van der Waals surface area contributed by atoms with Gasteiger partial charge in [-0.05, 0) is 35.0 Å². The minimum Gasteiger partial charge on any atom is -0.348 e. The molecule has 0 saturated heterocycles. The molecule has 2 aromatic carbocycles. The van der Waals surface area contributed by atoms with Crippen molar-refractivity contribution in [1.82, 2.24) is 15.1 Å². The number of amides is 1. The first kappa shape index (κ1) is 13.8. The average molecular weight is 344 g/mol. The molecule has 0 aliphatic rings. The van der Waals surface area contributed by atoms with E-state index in [-0.39, 0.29) is 5.91 Å². The molecule has 21 heavy (non-hydrogen) atoms. The van der Waals surface area contributed by atoms with Crippen LogP contribution < -0.4 is 5.32 Å². The second kappa shape index (κ2) is 5.69. The molecule has 0 fully saturated rings. The van der Waals surface area contributed by atoms with Crippen LogP contribution in [-0.4, -0.2) is 15.7 Å². The molecule has 0 atom stereocenters. The number of carbonyl (C=O) groups is 1. The zero-order valence-electron chi connectivity index (χ0n) is 11.5. The van der Waals surface area contributed by atoms with Crippen molar-refractivity contribution in [1.29, 1.82) is 0 Å². The molecular formula is C16H14BrN3O. The second-order valence-electron chi connectivity index (χ2n) is 4.91. The van der Waals surface area contributed by atoms with Crippen LogP contribution in [0.2, 0.25) is 0 Å². The number of nitrogens with zero attached hydrogens (tertiary/aromatic N) is 2. The molecule has 0 aliphatic carbocycles. The molecule has 3 rings (SSSR count). The summed E-state index contributed by atoms with van der Waals surface area (Å²) in [5, 5.41) is 9.13. The standard InChI is InChI=1S/C16H14BrN3O/c1-20-10-11(9-19-20)8-18-16(21)14-3-2-13-7-15(17)5-4-12(13)6-14/h2-7,9-10H,8H2,1H3,(H,18,21). The summed E-state index contributed by atoms with van der Waals surface area (Å²) in [4.78, 5) is 12.2. The largest absolute Gasteiger partial charge is 0.348 e. The van der Waals surface area contributed by atoms with Gasteiger partial charge in [-0.3, -0.25) is 9.48 Å². The van der Waals surface area contributed by atoms with Gasteiger partial charge in [0.05, 0.1) is 6.20 Å². The Morgan fingerprint density at radius 1 is 1.24 bits per heavy atom. The van der Waals surface area contributed by atoms with Crippen molar-refractivity contribution < 1.29 is 4.79 Å². The van der Waals surface area contributed by atoms with Crippen LogP contribution >= 0.6 is 15.9 Å². The molecule has 0 radical (unpaired) electrons. The van der Waals surface area contributed by atoms with Crippen molar-refractivity contribution in [2.24, 2.45) is 7.05 Å². The minimum atomic E-state index is -0.0799. The van der Waals surface area contributed by atoms with E-state index in [1.165, 1.54) is 0 Å². The lowest BCUT2D eigenvalue weighted by molar-refractivity contribution is 0.0951. The quantitative estimate of drug-likeness (QED) is 0.793. The molecule has 1 N–H and O–H groups in total. The summed E-state index contributed by atoms with van der Waals surface area (Å²) in [6, 6.07) is 11.7. The van der Waals surface area contributed by atoms with E-state index in [1.54, 1.807) is 10.9 Å². The van der Waals surface area contributed by atoms with Crippen molar-refractivity contribution in [2.75, 3.05) is 0 Å². The molecule has 1 amide bonds. The van der Waals surface area contributed by atoms with E-state index in [0.717, 1.165) is 20.8 Å². The van der Waals surface area contributed by atoms with Gasteiger partial charge in [-0.25, -0.2) is 0 Å². The molecule has 4 nitrogen and oxygen atoms in total. The van der Waals surface area contributed by atoms with Crippen LogP contribution in [0.15, 0.2) is 53.3 Å². The van der Waals surface area contributed by atoms with Crippen molar-refractivity contribution in [3.8, 4) is 0 Å². The van der Waals surface area contributed by atoms with Gasteiger partial charge in [0.25, 0.3) is 5.91 Å². The maximum atomic E-state index is 12.2. The van der Waals surface area contributed by atoms with E-state index >= 15 is 0 Å². The Balaban J connectivity index is 1.76. The summed E-state index contributed by atoms with van der Waals surface area (Å²) in [5.41, 5.74) is 1.64. The fourth-order valence-electron chi connectivity index (χ4n) is 2.21. The van der Waals surface area contributed by atoms with E-state index in [9.17, 15) is 4.79 Å². The molecule has 5 heteroatoms. The van der Waals surface area contributed by atoms with Crippen LogP contribution in [0, 0.1) is 0 Å². The van der Waals surface area contributed by atoms with Crippen molar-refractivity contribution >= 4 is 32.6 Å². The van der Waals surface area contributed by atoms with Gasteiger partial charge in [0.15, 0.2) is 0 Å². The Kier molecular flexibility index (Phi) is 3.75. The number of halogens is 1. The van der Waals surface area contributed by atoms with Crippen LogP contribution in [0.25, 0.3) is 10.8 Å². The summed E-state index contributed by atoms with van der Waals surface area (Å²) in [7, 11) is 1.85. The van der Waals surface area contributed by atoms with Crippen LogP contribution in [0.5, 0.6) is 0 Å². The average Bonchev–Trinajstić information content (AvgIpc) is 2.90. The zero-order chi connectivity index (χ0) is 14.8. The topological polar surface area (TPSA) is 46.9 Å². The van der Waals surface area contributed by atoms with Crippen LogP contribution in [0.3, 0.4) is 0 Å². The number of carbonyl (C=O) groups excluding carboxylic acids is 1. The number of aromatic nitrogens is 2. The maximum Gasteiger partial charge on any atom is 0.251 e. The van der Waals surface area contributed by atoms with Crippen LogP contribution in [0.1, 0.15) is 15.9 Å². The summed E-state index contributed by atoms with van der Waals surface area (Å²) >= 11 is 3.45. The van der Waals surface area contributed by atoms with E-state index in [1.807, 2.05) is 49.6 Å². The van der Waals surface area contributed by atoms with Crippen molar-refractivity contribution in [2.45, 2.75) is 6.54 Å². The smallest absolute Gasteiger partial charge is 0.251 e. The van der Waals surface area contributed by atoms with Crippen LogP contribution in [0.4, 0.5) is 0 Å². The Morgan fingerprint density at radius 2 is 2.00 bits per heavy atom. The van der Waals surface area contributed by atoms with Gasteiger partial charge in [-0.15, -0.1) is 0 Å². The third-order valence-corrected chi connectivity index (χ3v) is 3.77. The highest BCUT2D eigenvalue weighted by atomic mass is 79.9. The third-order valence-electron chi connectivity index (χ3n) is 3.28. The lowest BCUT2D eigenvalue weighted by Gasteiger charge is -2.05. The van der Waals surface area contributed by atoms with Gasteiger partial charge in [0.2, 0.25) is 0 Å². The molecular weight excluding hydrogens is 330 g/mol. The predicted molar refractivity (Wildman–Crippen MR) is 86.0 cm³/mol. The summed E-state index contributed by atoms with van der Waals surface area (Å²) in [6.07, 6.45) is 3.64. The molecule has 106 valence electrons. The van der Waals surface area contributed by atoms with Gasteiger partial charge in [-0.1, -0.05) is 28.1 Å². The molecule has 1 aromatic heterocycles. The lowest BCUT2D eigenvalue weighted by atomic mass is 10.1. The fraction of sp³-hybridized carbons (Fsp3) is 0.125. The van der Waals surface area contributed by atoms with E-state index in [2.05, 4.69) is 26.3 Å². The van der Waals surface area contributed by atoms with E-state index < -0.39 is 0 Å². The third kappa shape index (κ3) is 3.13. The highest BCUT2D eigenvalue weighted by Gasteiger charge is 2.07. The normalized spacial score (nSPS) is 10.8. The lowest BCUT2D eigenvalue weighted by Crippen LogP contribution is -2.22. The molecule has 0 aliphatic heterocycles. The molecule has 0 spiro atoms. The minimum absolute atomic E-state index is 0.0799. The molecule has 1 heterocycles. The predicted octanol–water partition coefficient (Wildman–Crippen LogP) is 3.27. The Morgan fingerprint density at radius 3 is 2.76 bits per heavy atom.